The van der Waals surface area contributed by atoms with Gasteiger partial charge in [-0.3, -0.25) is 9.59 Å². The number of sulfone groups is 1. The number of benzene rings is 3. The van der Waals surface area contributed by atoms with E-state index < -0.39 is 21.8 Å². The average molecular weight is 816 g/mol. The van der Waals surface area contributed by atoms with Gasteiger partial charge in [-0.2, -0.15) is 0 Å². The van der Waals surface area contributed by atoms with Gasteiger partial charge in [0, 0.05) is 54.9 Å². The van der Waals surface area contributed by atoms with Crippen LogP contribution in [0.3, 0.4) is 0 Å². The van der Waals surface area contributed by atoms with Gasteiger partial charge < -0.3 is 29.4 Å². The minimum atomic E-state index is -3.71. The first kappa shape index (κ1) is 46.4. The molecular weight excluding hydrogens is 759 g/mol. The highest BCUT2D eigenvalue weighted by atomic mass is 33.1. The molecule has 0 saturated carbocycles. The van der Waals surface area contributed by atoms with E-state index in [0.717, 1.165) is 35.5 Å². The predicted octanol–water partition coefficient (Wildman–Crippen LogP) is 6.52. The maximum absolute atomic E-state index is 13.8. The summed E-state index contributed by atoms with van der Waals surface area (Å²) >= 11 is 0. The highest BCUT2D eigenvalue weighted by Crippen LogP contribution is 2.23. The number of hydrogen-bond donors (Lipinski definition) is 2. The first-order valence-corrected chi connectivity index (χ1v) is 23.0. The normalized spacial score (nSPS) is 12.8. The number of aryl methyl sites for hydroxylation is 1. The molecule has 0 heterocycles. The molecule has 0 aliphatic heterocycles. The van der Waals surface area contributed by atoms with Crippen molar-refractivity contribution in [2.45, 2.75) is 55.9 Å². The van der Waals surface area contributed by atoms with Gasteiger partial charge in [-0.15, -0.1) is 0 Å². The molecule has 0 saturated heterocycles. The van der Waals surface area contributed by atoms with Crippen molar-refractivity contribution < 1.29 is 42.1 Å². The van der Waals surface area contributed by atoms with Gasteiger partial charge in [0.1, 0.15) is 5.78 Å². The number of amides is 1. The molecular formula is C42H57NO9S3. The zero-order valence-electron chi connectivity index (χ0n) is 31.6. The van der Waals surface area contributed by atoms with E-state index in [1.165, 1.54) is 5.41 Å². The highest BCUT2D eigenvalue weighted by molar-refractivity contribution is 8.76. The molecule has 1 amide bonds. The molecule has 0 radical (unpaired) electrons. The second kappa shape index (κ2) is 29.3. The number of carbonyl (C=O) groups excluding carboxylic acids is 2. The Morgan fingerprint density at radius 2 is 1.22 bits per heavy atom. The molecule has 0 spiro atoms. The number of aliphatic hydroxyl groups excluding tert-OH is 1. The van der Waals surface area contributed by atoms with Crippen molar-refractivity contribution in [2.24, 2.45) is 5.92 Å². The molecule has 0 aromatic heterocycles. The number of hydrogen-bond acceptors (Lipinski definition) is 11. The quantitative estimate of drug-likeness (QED) is 0.0527. The fourth-order valence-corrected chi connectivity index (χ4v) is 8.57. The Balaban J connectivity index is 1.40. The van der Waals surface area contributed by atoms with Crippen molar-refractivity contribution in [1.29, 1.82) is 0 Å². The van der Waals surface area contributed by atoms with Crippen LogP contribution >= 0.6 is 21.6 Å². The summed E-state index contributed by atoms with van der Waals surface area (Å²) in [6.07, 6.45) is 5.16. The van der Waals surface area contributed by atoms with Crippen molar-refractivity contribution in [3.05, 3.63) is 114 Å². The van der Waals surface area contributed by atoms with Gasteiger partial charge in [-0.25, -0.2) is 8.42 Å². The van der Waals surface area contributed by atoms with Crippen LogP contribution < -0.4 is 5.32 Å². The third kappa shape index (κ3) is 21.8. The maximum Gasteiger partial charge on any atom is 0.224 e. The molecule has 0 fully saturated rings. The third-order valence-electron chi connectivity index (χ3n) is 8.27. The van der Waals surface area contributed by atoms with Crippen molar-refractivity contribution in [3.63, 3.8) is 0 Å². The lowest BCUT2D eigenvalue weighted by molar-refractivity contribution is -0.130. The van der Waals surface area contributed by atoms with E-state index in [9.17, 15) is 18.0 Å². The summed E-state index contributed by atoms with van der Waals surface area (Å²) in [4.78, 5) is 27.2. The topological polar surface area (TPSA) is 137 Å². The van der Waals surface area contributed by atoms with Crippen molar-refractivity contribution in [3.8, 4) is 0 Å². The summed E-state index contributed by atoms with van der Waals surface area (Å²) in [5.74, 6) is 0.972. The Bertz CT molecular complexity index is 1580. The second-order valence-electron chi connectivity index (χ2n) is 12.7. The van der Waals surface area contributed by atoms with Crippen LogP contribution in [0.15, 0.2) is 107 Å². The first-order chi connectivity index (χ1) is 26.9. The van der Waals surface area contributed by atoms with Gasteiger partial charge in [0.2, 0.25) is 5.91 Å². The van der Waals surface area contributed by atoms with E-state index in [-0.39, 0.29) is 36.0 Å². The summed E-state index contributed by atoms with van der Waals surface area (Å²) in [5.41, 5.74) is 2.02. The summed E-state index contributed by atoms with van der Waals surface area (Å²) < 4.78 is 48.0. The van der Waals surface area contributed by atoms with Gasteiger partial charge in [-0.05, 0) is 55.4 Å². The number of rotatable bonds is 32. The lowest BCUT2D eigenvalue weighted by Gasteiger charge is -2.21. The SMILES string of the molecule is O=C(CCOCCCSSCCCOCCOCCOCCO)C[C@@H](Cc1ccccc1)C(=O)N[C@H](/C=C/S(=O)(=O)c1ccccc1)CCc1ccccc1. The van der Waals surface area contributed by atoms with E-state index in [0.29, 0.717) is 72.1 Å². The molecule has 3 aromatic carbocycles. The number of carbonyl (C=O) groups is 2. The Morgan fingerprint density at radius 1 is 0.691 bits per heavy atom. The van der Waals surface area contributed by atoms with Gasteiger partial charge in [0.05, 0.1) is 51.1 Å². The molecule has 55 heavy (non-hydrogen) atoms. The highest BCUT2D eigenvalue weighted by Gasteiger charge is 2.24. The Hall–Kier alpha value is -3.01. The number of aliphatic hydroxyl groups is 1. The van der Waals surface area contributed by atoms with Gasteiger partial charge in [0.25, 0.3) is 0 Å². The Morgan fingerprint density at radius 3 is 1.82 bits per heavy atom. The van der Waals surface area contributed by atoms with Gasteiger partial charge >= 0.3 is 0 Å². The number of ketones is 1. The summed E-state index contributed by atoms with van der Waals surface area (Å²) in [7, 11) is -0.107. The van der Waals surface area contributed by atoms with E-state index in [1.54, 1.807) is 47.2 Å². The summed E-state index contributed by atoms with van der Waals surface area (Å²) in [5, 5.41) is 12.9. The van der Waals surface area contributed by atoms with Crippen LogP contribution in [0.4, 0.5) is 0 Å². The number of Topliss-reactive ketones (excluding diaryl/α,β-unsaturated/α-hetero) is 1. The largest absolute Gasteiger partial charge is 0.394 e. The van der Waals surface area contributed by atoms with Crippen LogP contribution in [-0.4, -0.2) is 102 Å². The van der Waals surface area contributed by atoms with Crippen LogP contribution in [0.1, 0.15) is 43.2 Å². The lowest BCUT2D eigenvalue weighted by Crippen LogP contribution is -2.40. The molecule has 0 aliphatic rings. The van der Waals surface area contributed by atoms with E-state index in [1.807, 2.05) is 71.5 Å². The minimum Gasteiger partial charge on any atom is -0.394 e. The molecule has 0 bridgehead atoms. The van der Waals surface area contributed by atoms with Crippen LogP contribution in [0.2, 0.25) is 0 Å². The molecule has 2 N–H and O–H groups in total. The average Bonchev–Trinajstić information content (AvgIpc) is 3.20. The van der Waals surface area contributed by atoms with Crippen LogP contribution in [-0.2, 0) is 51.2 Å². The van der Waals surface area contributed by atoms with Crippen molar-refractivity contribution in [1.82, 2.24) is 5.32 Å². The lowest BCUT2D eigenvalue weighted by atomic mass is 9.92. The van der Waals surface area contributed by atoms with Crippen LogP contribution in [0.5, 0.6) is 0 Å². The molecule has 10 nitrogen and oxygen atoms in total. The summed E-state index contributed by atoms with van der Waals surface area (Å²) in [6, 6.07) is 27.1. The fraction of sp³-hybridized carbons (Fsp3) is 0.476. The Labute approximate surface area is 335 Å². The fourth-order valence-electron chi connectivity index (χ4n) is 5.36. The third-order valence-corrected chi connectivity index (χ3v) is 12.3. The maximum atomic E-state index is 13.8. The smallest absolute Gasteiger partial charge is 0.224 e. The van der Waals surface area contributed by atoms with E-state index in [4.69, 9.17) is 24.1 Å². The standard InChI is InChI=1S/C42H57NO9S3/c44-22-26-51-28-30-52-29-27-50-24-11-32-54-53-31-10-23-49-25-20-40(45)35-38(34-37-14-6-2-7-15-37)42(46)43-39(19-18-36-12-4-1-5-13-36)21-33-55(47,48)41-16-8-3-9-17-41/h1-9,12-17,21,33,38-39,44H,10-11,18-20,22-32,34-35H2,(H,43,46)/b33-21+/t38-,39+/m1/s1. The van der Waals surface area contributed by atoms with Crippen molar-refractivity contribution in [2.75, 3.05) is 71.0 Å². The molecule has 3 rings (SSSR count). The number of nitrogens with one attached hydrogen (secondary N) is 1. The molecule has 2 atom stereocenters. The molecule has 0 aliphatic carbocycles. The molecule has 0 unspecified atom stereocenters. The Kier molecular flexibility index (Phi) is 24.7. The zero-order chi connectivity index (χ0) is 39.2. The first-order valence-electron chi connectivity index (χ1n) is 18.9. The summed E-state index contributed by atoms with van der Waals surface area (Å²) in [6.45, 7) is 3.94. The monoisotopic (exact) mass is 815 g/mol. The minimum absolute atomic E-state index is 0.0187. The van der Waals surface area contributed by atoms with Crippen molar-refractivity contribution >= 4 is 43.1 Å². The predicted molar refractivity (Wildman–Crippen MR) is 222 cm³/mol. The molecule has 302 valence electrons. The molecule has 13 heteroatoms. The number of ether oxygens (including phenoxy) is 4. The van der Waals surface area contributed by atoms with E-state index in [2.05, 4.69) is 5.32 Å². The second-order valence-corrected chi connectivity index (χ2v) is 17.3. The van der Waals surface area contributed by atoms with Gasteiger partial charge in [0.15, 0.2) is 9.84 Å². The van der Waals surface area contributed by atoms with E-state index >= 15 is 0 Å². The van der Waals surface area contributed by atoms with Crippen LogP contribution in [0.25, 0.3) is 0 Å². The molecule has 3 aromatic rings. The zero-order valence-corrected chi connectivity index (χ0v) is 34.1. The van der Waals surface area contributed by atoms with Gasteiger partial charge in [-0.1, -0.05) is 107 Å². The van der Waals surface area contributed by atoms with Crippen LogP contribution in [0, 0.1) is 5.92 Å².